The Kier molecular flexibility index (Phi) is 3.72. The first-order valence-electron chi connectivity index (χ1n) is 8.11. The van der Waals surface area contributed by atoms with Crippen LogP contribution >= 0.6 is 0 Å². The molecule has 4 rings (SSSR count). The molecule has 2 aliphatic rings. The number of ether oxygens (including phenoxy) is 1. The molecule has 2 aromatic heterocycles. The number of rotatable bonds is 5. The second-order valence-electron chi connectivity index (χ2n) is 6.32. The van der Waals surface area contributed by atoms with Gasteiger partial charge >= 0.3 is 0 Å². The number of fused-ring (bicyclic) bond motifs is 1. The summed E-state index contributed by atoms with van der Waals surface area (Å²) in [5.41, 5.74) is 0. The van der Waals surface area contributed by atoms with Crippen LogP contribution < -0.4 is 4.74 Å². The van der Waals surface area contributed by atoms with Crippen LogP contribution in [-0.2, 0) is 13.2 Å². The largest absolute Gasteiger partial charge is 0.467 e. The third-order valence-electron chi connectivity index (χ3n) is 4.64. The molecule has 23 heavy (non-hydrogen) atoms. The van der Waals surface area contributed by atoms with Gasteiger partial charge in [-0.1, -0.05) is 0 Å². The second-order valence-corrected chi connectivity index (χ2v) is 6.32. The van der Waals surface area contributed by atoms with Crippen molar-refractivity contribution in [3.05, 3.63) is 35.8 Å². The van der Waals surface area contributed by atoms with Crippen LogP contribution in [0.2, 0.25) is 0 Å². The molecular formula is C16H20FN5O. The van der Waals surface area contributed by atoms with E-state index >= 15 is 0 Å². The fraction of sp³-hybridized carbons (Fsp3) is 0.562. The van der Waals surface area contributed by atoms with Crippen LogP contribution in [0.3, 0.4) is 0 Å². The van der Waals surface area contributed by atoms with E-state index in [2.05, 4.69) is 31.6 Å². The van der Waals surface area contributed by atoms with Crippen LogP contribution in [0.4, 0.5) is 4.39 Å². The Bertz CT molecular complexity index is 700. The zero-order chi connectivity index (χ0) is 15.8. The molecule has 0 spiro atoms. The maximum atomic E-state index is 13.6. The normalized spacial score (nSPS) is 21.2. The van der Waals surface area contributed by atoms with Crippen molar-refractivity contribution in [3.8, 4) is 5.88 Å². The average Bonchev–Trinajstić information content (AvgIpc) is 3.27. The molecule has 122 valence electrons. The van der Waals surface area contributed by atoms with Crippen molar-refractivity contribution < 1.29 is 9.13 Å². The molecule has 1 aliphatic carbocycles. The zero-order valence-electron chi connectivity index (χ0n) is 13.2. The molecule has 3 heterocycles. The van der Waals surface area contributed by atoms with Gasteiger partial charge in [-0.3, -0.25) is 4.90 Å². The van der Waals surface area contributed by atoms with E-state index in [-0.39, 0.29) is 18.5 Å². The van der Waals surface area contributed by atoms with Gasteiger partial charge in [0.2, 0.25) is 0 Å². The number of nitrogens with zero attached hydrogens (tertiary/aromatic N) is 5. The predicted octanol–water partition coefficient (Wildman–Crippen LogP) is 2.18. The lowest BCUT2D eigenvalue weighted by Gasteiger charge is -2.33. The van der Waals surface area contributed by atoms with E-state index in [0.717, 1.165) is 37.2 Å². The minimum atomic E-state index is -0.463. The summed E-state index contributed by atoms with van der Waals surface area (Å²) in [4.78, 5) is 6.37. The zero-order valence-corrected chi connectivity index (χ0v) is 13.2. The highest BCUT2D eigenvalue weighted by Gasteiger charge is 2.32. The summed E-state index contributed by atoms with van der Waals surface area (Å²) in [5, 5.41) is 8.56. The van der Waals surface area contributed by atoms with Crippen molar-refractivity contribution in [3.63, 3.8) is 0 Å². The first-order valence-corrected chi connectivity index (χ1v) is 8.11. The standard InChI is InChI=1S/C16H20FN5O/c1-11-15-20-19-14(10-23-16-13(17)3-2-6-18-16)22(15)8-7-21(11)9-12-4-5-12/h2-3,6,11-12H,4-5,7-10H2,1H3. The summed E-state index contributed by atoms with van der Waals surface area (Å²) < 4.78 is 21.1. The maximum absolute atomic E-state index is 13.6. The number of pyridine rings is 1. The fourth-order valence-electron chi connectivity index (χ4n) is 3.09. The predicted molar refractivity (Wildman–Crippen MR) is 81.3 cm³/mol. The lowest BCUT2D eigenvalue weighted by molar-refractivity contribution is 0.153. The molecule has 1 aliphatic heterocycles. The molecular weight excluding hydrogens is 297 g/mol. The Morgan fingerprint density at radius 3 is 2.96 bits per heavy atom. The first-order chi connectivity index (χ1) is 11.2. The monoisotopic (exact) mass is 317 g/mol. The Balaban J connectivity index is 1.46. The topological polar surface area (TPSA) is 56.1 Å². The van der Waals surface area contributed by atoms with Gasteiger partial charge in [-0.2, -0.15) is 0 Å². The maximum Gasteiger partial charge on any atom is 0.250 e. The van der Waals surface area contributed by atoms with Crippen molar-refractivity contribution in [2.24, 2.45) is 5.92 Å². The van der Waals surface area contributed by atoms with Crippen molar-refractivity contribution in [1.29, 1.82) is 0 Å². The van der Waals surface area contributed by atoms with Gasteiger partial charge < -0.3 is 9.30 Å². The van der Waals surface area contributed by atoms with E-state index in [9.17, 15) is 4.39 Å². The second kappa shape index (κ2) is 5.88. The van der Waals surface area contributed by atoms with Gasteiger partial charge in [0.15, 0.2) is 11.6 Å². The van der Waals surface area contributed by atoms with Crippen molar-refractivity contribution in [1.82, 2.24) is 24.6 Å². The van der Waals surface area contributed by atoms with E-state index in [1.54, 1.807) is 0 Å². The van der Waals surface area contributed by atoms with Gasteiger partial charge in [0, 0.05) is 25.8 Å². The number of halogens is 1. The molecule has 6 nitrogen and oxygen atoms in total. The molecule has 0 saturated heterocycles. The van der Waals surface area contributed by atoms with E-state index in [1.807, 2.05) is 0 Å². The Morgan fingerprint density at radius 1 is 1.30 bits per heavy atom. The molecule has 1 saturated carbocycles. The van der Waals surface area contributed by atoms with Crippen molar-refractivity contribution >= 4 is 0 Å². The number of hydrogen-bond acceptors (Lipinski definition) is 5. The summed E-state index contributed by atoms with van der Waals surface area (Å²) >= 11 is 0. The third kappa shape index (κ3) is 2.93. The van der Waals surface area contributed by atoms with Crippen LogP contribution in [0.15, 0.2) is 18.3 Å². The molecule has 1 atom stereocenters. The Hall–Kier alpha value is -2.02. The summed E-state index contributed by atoms with van der Waals surface area (Å²) in [5.74, 6) is 2.10. The van der Waals surface area contributed by atoms with Crippen LogP contribution in [0.5, 0.6) is 5.88 Å². The van der Waals surface area contributed by atoms with Gasteiger partial charge in [-0.25, -0.2) is 9.37 Å². The van der Waals surface area contributed by atoms with Gasteiger partial charge in [-0.15, -0.1) is 10.2 Å². The number of hydrogen-bond donors (Lipinski definition) is 0. The third-order valence-corrected chi connectivity index (χ3v) is 4.64. The molecule has 0 N–H and O–H groups in total. The molecule has 7 heteroatoms. The fourth-order valence-corrected chi connectivity index (χ4v) is 3.09. The van der Waals surface area contributed by atoms with Crippen molar-refractivity contribution in [2.75, 3.05) is 13.1 Å². The minimum Gasteiger partial charge on any atom is -0.467 e. The SMILES string of the molecule is CC1c2nnc(COc3ncccc3F)n2CCN1CC1CC1. The molecule has 0 radical (unpaired) electrons. The quantitative estimate of drug-likeness (QED) is 0.846. The van der Waals surface area contributed by atoms with Gasteiger partial charge in [0.25, 0.3) is 5.88 Å². The van der Waals surface area contributed by atoms with Gasteiger partial charge in [0.1, 0.15) is 12.4 Å². The summed E-state index contributed by atoms with van der Waals surface area (Å²) in [6.45, 7) is 5.34. The minimum absolute atomic E-state index is 0.00377. The highest BCUT2D eigenvalue weighted by Crippen LogP contribution is 2.33. The number of aromatic nitrogens is 4. The van der Waals surface area contributed by atoms with E-state index < -0.39 is 5.82 Å². The Labute approximate surface area is 134 Å². The van der Waals surface area contributed by atoms with Crippen LogP contribution in [0.25, 0.3) is 0 Å². The van der Waals surface area contributed by atoms with Crippen LogP contribution in [0, 0.1) is 11.7 Å². The lowest BCUT2D eigenvalue weighted by Crippen LogP contribution is -2.38. The highest BCUT2D eigenvalue weighted by atomic mass is 19.1. The smallest absolute Gasteiger partial charge is 0.250 e. The molecule has 1 unspecified atom stereocenters. The Morgan fingerprint density at radius 2 is 2.17 bits per heavy atom. The van der Waals surface area contributed by atoms with Crippen molar-refractivity contribution in [2.45, 2.75) is 39.0 Å². The van der Waals surface area contributed by atoms with E-state index in [0.29, 0.717) is 0 Å². The molecule has 0 bridgehead atoms. The van der Waals surface area contributed by atoms with E-state index in [1.165, 1.54) is 31.2 Å². The molecule has 2 aromatic rings. The molecule has 1 fully saturated rings. The van der Waals surface area contributed by atoms with E-state index in [4.69, 9.17) is 4.74 Å². The lowest BCUT2D eigenvalue weighted by atomic mass is 10.2. The average molecular weight is 317 g/mol. The van der Waals surface area contributed by atoms with Crippen LogP contribution in [-0.4, -0.2) is 37.7 Å². The summed E-state index contributed by atoms with van der Waals surface area (Å²) in [6, 6.07) is 3.13. The van der Waals surface area contributed by atoms with Crippen LogP contribution in [0.1, 0.15) is 37.5 Å². The summed E-state index contributed by atoms with van der Waals surface area (Å²) in [7, 11) is 0. The van der Waals surface area contributed by atoms with Gasteiger partial charge in [0.05, 0.1) is 6.04 Å². The molecule has 0 aromatic carbocycles. The first kappa shape index (κ1) is 14.6. The van der Waals surface area contributed by atoms with Gasteiger partial charge in [-0.05, 0) is 37.8 Å². The highest BCUT2D eigenvalue weighted by molar-refractivity contribution is 5.13. The summed E-state index contributed by atoms with van der Waals surface area (Å²) in [6.07, 6.45) is 4.21. The molecule has 0 amide bonds.